The van der Waals surface area contributed by atoms with Gasteiger partial charge in [0.05, 0.1) is 39.1 Å². The van der Waals surface area contributed by atoms with Gasteiger partial charge in [0.2, 0.25) is 0 Å². The van der Waals surface area contributed by atoms with Gasteiger partial charge in [-0.2, -0.15) is 4.31 Å². The lowest BCUT2D eigenvalue weighted by Gasteiger charge is -2.26. The number of rotatable bonds is 18. The third kappa shape index (κ3) is 10.7. The number of phosphoric acid groups is 2. The molecule has 1 fully saturated rings. The number of carboxylic acids is 3. The minimum absolute atomic E-state index is 0.0424. The molecule has 2 aromatic rings. The summed E-state index contributed by atoms with van der Waals surface area (Å²) in [4.78, 5) is 87.7. The number of hydrogen-bond acceptors (Lipinski definition) is 17. The summed E-state index contributed by atoms with van der Waals surface area (Å²) in [7, 11) is -10.9. The Hall–Kier alpha value is -3.67. The number of carbonyl (C=O) groups is 4. The van der Waals surface area contributed by atoms with Crippen molar-refractivity contribution in [2.75, 3.05) is 51.6 Å². The molecule has 3 heterocycles. The number of aromatic nitrogens is 4. The fourth-order valence-electron chi connectivity index (χ4n) is 4.27. The first-order chi connectivity index (χ1) is 21.3. The Balaban J connectivity index is 1.81. The molecule has 0 bridgehead atoms. The van der Waals surface area contributed by atoms with E-state index in [2.05, 4.69) is 23.8 Å². The van der Waals surface area contributed by atoms with Gasteiger partial charge in [0, 0.05) is 13.1 Å². The molecule has 1 aliphatic heterocycles. The number of nitrogens with two attached hydrogens (primary N) is 1. The van der Waals surface area contributed by atoms with Crippen LogP contribution in [0.5, 0.6) is 0 Å². The van der Waals surface area contributed by atoms with Crippen molar-refractivity contribution in [2.45, 2.75) is 24.5 Å². The largest absolute Gasteiger partial charge is 0.481 e. The van der Waals surface area contributed by atoms with Crippen LogP contribution in [-0.4, -0.2) is 152 Å². The van der Waals surface area contributed by atoms with Crippen molar-refractivity contribution < 1.29 is 81.7 Å². The normalized spacial score (nSPS) is 21.4. The van der Waals surface area contributed by atoms with Gasteiger partial charge < -0.3 is 50.3 Å². The molecular weight excluding hydrogens is 672 g/mol. The van der Waals surface area contributed by atoms with Crippen molar-refractivity contribution in [1.29, 1.82) is 0 Å². The molecule has 2 aromatic heterocycles. The van der Waals surface area contributed by atoms with Crippen LogP contribution in [0, 0.1) is 0 Å². The van der Waals surface area contributed by atoms with Crippen molar-refractivity contribution in [3.8, 4) is 0 Å². The zero-order valence-electron chi connectivity index (χ0n) is 23.3. The summed E-state index contributed by atoms with van der Waals surface area (Å²) < 4.78 is 43.5. The first-order valence-electron chi connectivity index (χ1n) is 12.7. The van der Waals surface area contributed by atoms with E-state index < -0.39 is 96.8 Å². The summed E-state index contributed by atoms with van der Waals surface area (Å²) in [5, 5.41) is 38.4. The van der Waals surface area contributed by atoms with E-state index in [0.29, 0.717) is 0 Å². The Bertz CT molecular complexity index is 1520. The van der Waals surface area contributed by atoms with E-state index in [9.17, 15) is 43.4 Å². The summed E-state index contributed by atoms with van der Waals surface area (Å²) in [6.07, 6.45) is -4.46. The summed E-state index contributed by atoms with van der Waals surface area (Å²) >= 11 is 0. The van der Waals surface area contributed by atoms with Gasteiger partial charge >= 0.3 is 39.5 Å². The molecule has 0 radical (unpaired) electrons. The van der Waals surface area contributed by atoms with Gasteiger partial charge in [-0.05, 0) is 0 Å². The van der Waals surface area contributed by atoms with Crippen LogP contribution in [0.4, 0.5) is 5.82 Å². The molecule has 0 amide bonds. The van der Waals surface area contributed by atoms with E-state index in [-0.39, 0.29) is 30.1 Å². The van der Waals surface area contributed by atoms with Crippen LogP contribution < -0.4 is 5.73 Å². The number of carbonyl (C=O) groups excluding carboxylic acids is 1. The number of carboxylic acid groups (broad SMARTS) is 3. The lowest BCUT2D eigenvalue weighted by atomic mass is 10.1. The Labute approximate surface area is 256 Å². The third-order valence-corrected chi connectivity index (χ3v) is 8.16. The maximum absolute atomic E-state index is 13.0. The highest BCUT2D eigenvalue weighted by molar-refractivity contribution is 7.60. The van der Waals surface area contributed by atoms with E-state index in [4.69, 9.17) is 35.2 Å². The molecule has 26 heteroatoms. The van der Waals surface area contributed by atoms with Crippen molar-refractivity contribution >= 4 is 56.5 Å². The molecule has 0 aliphatic carbocycles. The number of esters is 1. The standard InChI is InChI=1S/C20H29N7O17P2/c21-18-15-19(23-8-22-18)27(9-24-15)20-16(35)17(10(42-20)7-41-46(39,40)44-45(36,37)38)43-14(34)6-26(5-13(32)33)2-1-25(3-11(28)29)4-12(30)31/h8-10,16-17,20,35H,1-7H2,(H,28,29)(H,30,31)(H,32,33)(H,39,40)(H2,21,22,23)(H2,36,37,38)/t10-,16-,17-,20-/m1/s1. The number of anilines is 1. The first-order valence-corrected chi connectivity index (χ1v) is 15.7. The SMILES string of the molecule is Nc1ncnc2c1ncn2[C@@H]1O[C@H](COP(=O)(O)OP(=O)(O)O)[C@@H](OC(=O)CN(CCN(CC(=O)O)CC(=O)O)CC(=O)O)[C@H]1O. The molecule has 1 saturated heterocycles. The number of ether oxygens (including phenoxy) is 2. The van der Waals surface area contributed by atoms with Crippen LogP contribution in [0.15, 0.2) is 12.7 Å². The van der Waals surface area contributed by atoms with Crippen LogP contribution in [-0.2, 0) is 46.6 Å². The van der Waals surface area contributed by atoms with Gasteiger partial charge in [-0.1, -0.05) is 0 Å². The Morgan fingerprint density at radius 1 is 0.935 bits per heavy atom. The Morgan fingerprint density at radius 2 is 1.50 bits per heavy atom. The highest BCUT2D eigenvalue weighted by Crippen LogP contribution is 2.57. The minimum atomic E-state index is -5.51. The van der Waals surface area contributed by atoms with Gasteiger partial charge in [-0.3, -0.25) is 38.1 Å². The predicted octanol–water partition coefficient (Wildman–Crippen LogP) is -3.34. The topological polar surface area (TPSA) is 357 Å². The van der Waals surface area contributed by atoms with Gasteiger partial charge in [0.25, 0.3) is 0 Å². The highest BCUT2D eigenvalue weighted by Gasteiger charge is 2.49. The number of nitrogens with zero attached hydrogens (tertiary/aromatic N) is 6. The summed E-state index contributed by atoms with van der Waals surface area (Å²) in [6, 6.07) is 0. The average Bonchev–Trinajstić information content (AvgIpc) is 3.45. The monoisotopic (exact) mass is 701 g/mol. The number of imidazole rings is 1. The van der Waals surface area contributed by atoms with Gasteiger partial charge in [-0.25, -0.2) is 24.1 Å². The molecule has 3 rings (SSSR count). The van der Waals surface area contributed by atoms with Crippen LogP contribution in [0.3, 0.4) is 0 Å². The number of phosphoric ester groups is 1. The Kier molecular flexibility index (Phi) is 12.2. The molecule has 0 aromatic carbocycles. The quantitative estimate of drug-likeness (QED) is 0.0556. The fourth-order valence-corrected chi connectivity index (χ4v) is 5.87. The second-order valence-corrected chi connectivity index (χ2v) is 12.4. The van der Waals surface area contributed by atoms with E-state index in [1.54, 1.807) is 0 Å². The molecule has 0 spiro atoms. The van der Waals surface area contributed by atoms with Crippen molar-refractivity contribution in [3.63, 3.8) is 0 Å². The third-order valence-electron chi connectivity index (χ3n) is 6.01. The number of aliphatic hydroxyl groups is 1. The number of nitrogen functional groups attached to an aromatic ring is 1. The Morgan fingerprint density at radius 3 is 2.04 bits per heavy atom. The second kappa shape index (κ2) is 15.3. The highest BCUT2D eigenvalue weighted by atomic mass is 31.3. The lowest BCUT2D eigenvalue weighted by molar-refractivity contribution is -0.158. The van der Waals surface area contributed by atoms with E-state index in [1.165, 1.54) is 0 Å². The molecule has 9 N–H and O–H groups in total. The molecule has 46 heavy (non-hydrogen) atoms. The fraction of sp³-hybridized carbons (Fsp3) is 0.550. The molecule has 5 atom stereocenters. The van der Waals surface area contributed by atoms with Crippen LogP contribution in [0.1, 0.15) is 6.23 Å². The van der Waals surface area contributed by atoms with Crippen LogP contribution >= 0.6 is 15.6 Å². The van der Waals surface area contributed by atoms with Crippen LogP contribution in [0.25, 0.3) is 11.2 Å². The summed E-state index contributed by atoms with van der Waals surface area (Å²) in [5.41, 5.74) is 5.91. The number of aliphatic hydroxyl groups excluding tert-OH is 1. The zero-order valence-corrected chi connectivity index (χ0v) is 25.1. The zero-order chi connectivity index (χ0) is 34.4. The van der Waals surface area contributed by atoms with Gasteiger partial charge in [0.1, 0.15) is 24.1 Å². The molecular formula is C20H29N7O17P2. The lowest BCUT2D eigenvalue weighted by Crippen LogP contribution is -2.45. The number of fused-ring (bicyclic) bond motifs is 1. The van der Waals surface area contributed by atoms with Crippen molar-refractivity contribution in [3.05, 3.63) is 12.7 Å². The molecule has 0 saturated carbocycles. The molecule has 256 valence electrons. The van der Waals surface area contributed by atoms with E-state index in [0.717, 1.165) is 27.0 Å². The van der Waals surface area contributed by atoms with E-state index in [1.807, 2.05) is 0 Å². The van der Waals surface area contributed by atoms with Gasteiger partial charge in [-0.15, -0.1) is 0 Å². The average molecular weight is 701 g/mol. The number of aliphatic carboxylic acids is 3. The minimum Gasteiger partial charge on any atom is -0.480 e. The molecule has 24 nitrogen and oxygen atoms in total. The molecule has 1 unspecified atom stereocenters. The maximum Gasteiger partial charge on any atom is 0.481 e. The predicted molar refractivity (Wildman–Crippen MR) is 144 cm³/mol. The smallest absolute Gasteiger partial charge is 0.480 e. The van der Waals surface area contributed by atoms with Gasteiger partial charge in [0.15, 0.2) is 23.8 Å². The summed E-state index contributed by atoms with van der Waals surface area (Å²) in [5.74, 6) is -5.37. The second-order valence-electron chi connectivity index (χ2n) is 9.53. The van der Waals surface area contributed by atoms with E-state index >= 15 is 0 Å². The van der Waals surface area contributed by atoms with Crippen molar-refractivity contribution in [2.24, 2.45) is 0 Å². The first kappa shape index (κ1) is 36.8. The maximum atomic E-state index is 13.0. The van der Waals surface area contributed by atoms with Crippen LogP contribution in [0.2, 0.25) is 0 Å². The molecule has 1 aliphatic rings. The number of hydrogen-bond donors (Lipinski definition) is 8. The van der Waals surface area contributed by atoms with Crippen molar-refractivity contribution in [1.82, 2.24) is 29.3 Å². The summed E-state index contributed by atoms with van der Waals surface area (Å²) in [6.45, 7) is -4.65.